The Morgan fingerprint density at radius 3 is 2.52 bits per heavy atom. The number of carbonyl (C=O) groups is 1. The summed E-state index contributed by atoms with van der Waals surface area (Å²) in [5.41, 5.74) is 2.25. The largest absolute Gasteiger partial charge is 0.389 e. The first kappa shape index (κ1) is 18.8. The first-order chi connectivity index (χ1) is 12.1. The number of amides is 1. The van der Waals surface area contributed by atoms with Crippen LogP contribution in [0.5, 0.6) is 0 Å². The number of nitriles is 1. The highest BCUT2D eigenvalue weighted by Crippen LogP contribution is 2.12. The van der Waals surface area contributed by atoms with E-state index in [0.29, 0.717) is 6.54 Å². The molecular weight excluding hydrogens is 378 g/mol. The summed E-state index contributed by atoms with van der Waals surface area (Å²) in [7, 11) is 0. The van der Waals surface area contributed by atoms with E-state index in [1.807, 2.05) is 67.6 Å². The monoisotopic (exact) mass is 397 g/mol. The van der Waals surface area contributed by atoms with Crippen molar-refractivity contribution in [3.63, 3.8) is 0 Å². The zero-order valence-corrected chi connectivity index (χ0v) is 15.6. The van der Waals surface area contributed by atoms with Crippen LogP contribution in [-0.2, 0) is 11.2 Å². The van der Waals surface area contributed by atoms with Gasteiger partial charge in [-0.3, -0.25) is 4.79 Å². The molecule has 0 heterocycles. The zero-order chi connectivity index (χ0) is 18.1. The van der Waals surface area contributed by atoms with Crippen molar-refractivity contribution >= 4 is 21.8 Å². The van der Waals surface area contributed by atoms with Gasteiger partial charge in [0.25, 0.3) is 5.91 Å². The molecule has 0 aliphatic carbocycles. The number of nitrogens with zero attached hydrogens (tertiary/aromatic N) is 1. The van der Waals surface area contributed by atoms with Gasteiger partial charge in [-0.05, 0) is 36.6 Å². The van der Waals surface area contributed by atoms with E-state index in [1.165, 1.54) is 11.8 Å². The van der Waals surface area contributed by atoms with Gasteiger partial charge in [0.2, 0.25) is 0 Å². The Morgan fingerprint density at radius 2 is 1.88 bits per heavy atom. The van der Waals surface area contributed by atoms with Crippen LogP contribution in [0, 0.1) is 11.3 Å². The lowest BCUT2D eigenvalue weighted by Crippen LogP contribution is -2.28. The van der Waals surface area contributed by atoms with Crippen molar-refractivity contribution in [2.45, 2.75) is 19.4 Å². The summed E-state index contributed by atoms with van der Waals surface area (Å²) >= 11 is 3.40. The van der Waals surface area contributed by atoms with Crippen LogP contribution in [-0.4, -0.2) is 12.5 Å². The Kier molecular flexibility index (Phi) is 7.24. The molecular formula is C20H20BrN3O. The van der Waals surface area contributed by atoms with E-state index in [-0.39, 0.29) is 17.5 Å². The predicted octanol–water partition coefficient (Wildman–Crippen LogP) is 3.87. The Bertz CT molecular complexity index is 764. The first-order valence-corrected chi connectivity index (χ1v) is 8.83. The average molecular weight is 398 g/mol. The second-order valence-corrected chi connectivity index (χ2v) is 6.52. The topological polar surface area (TPSA) is 64.9 Å². The molecule has 1 atom stereocenters. The van der Waals surface area contributed by atoms with Gasteiger partial charge < -0.3 is 10.6 Å². The van der Waals surface area contributed by atoms with Gasteiger partial charge >= 0.3 is 0 Å². The molecule has 0 radical (unpaired) electrons. The van der Waals surface area contributed by atoms with Crippen LogP contribution in [0.4, 0.5) is 0 Å². The minimum atomic E-state index is -0.380. The molecule has 0 saturated carbocycles. The predicted molar refractivity (Wildman–Crippen MR) is 103 cm³/mol. The molecule has 1 unspecified atom stereocenters. The highest BCUT2D eigenvalue weighted by Gasteiger charge is 2.13. The summed E-state index contributed by atoms with van der Waals surface area (Å²) in [6, 6.07) is 19.5. The van der Waals surface area contributed by atoms with Gasteiger partial charge in [-0.1, -0.05) is 58.4 Å². The van der Waals surface area contributed by atoms with E-state index < -0.39 is 0 Å². The summed E-state index contributed by atoms with van der Waals surface area (Å²) in [6.45, 7) is 2.54. The van der Waals surface area contributed by atoms with Crippen molar-refractivity contribution in [1.29, 1.82) is 5.26 Å². The lowest BCUT2D eigenvalue weighted by molar-refractivity contribution is -0.117. The number of hydrogen-bond acceptors (Lipinski definition) is 3. The molecule has 0 fully saturated rings. The molecule has 4 nitrogen and oxygen atoms in total. The van der Waals surface area contributed by atoms with Gasteiger partial charge in [-0.25, -0.2) is 0 Å². The smallest absolute Gasteiger partial charge is 0.263 e. The molecule has 0 bridgehead atoms. The van der Waals surface area contributed by atoms with E-state index in [1.54, 1.807) is 0 Å². The Morgan fingerprint density at radius 1 is 1.20 bits per heavy atom. The van der Waals surface area contributed by atoms with Crippen molar-refractivity contribution < 1.29 is 4.79 Å². The molecule has 2 N–H and O–H groups in total. The molecule has 0 aliphatic heterocycles. The van der Waals surface area contributed by atoms with Crippen LogP contribution >= 0.6 is 15.9 Å². The fraction of sp³-hybridized carbons (Fsp3) is 0.200. The third kappa shape index (κ3) is 6.09. The molecule has 128 valence electrons. The van der Waals surface area contributed by atoms with Gasteiger partial charge in [0.15, 0.2) is 0 Å². The third-order valence-corrected chi connectivity index (χ3v) is 4.26. The highest BCUT2D eigenvalue weighted by molar-refractivity contribution is 9.10. The number of hydrogen-bond donors (Lipinski definition) is 2. The van der Waals surface area contributed by atoms with Crippen LogP contribution in [0.15, 0.2) is 70.8 Å². The maximum Gasteiger partial charge on any atom is 0.263 e. The molecule has 0 aromatic heterocycles. The van der Waals surface area contributed by atoms with Crippen molar-refractivity contribution in [2.75, 3.05) is 6.54 Å². The van der Waals surface area contributed by atoms with Gasteiger partial charge in [0.1, 0.15) is 11.6 Å². The van der Waals surface area contributed by atoms with Crippen molar-refractivity contribution in [2.24, 2.45) is 0 Å². The fourth-order valence-corrected chi connectivity index (χ4v) is 2.55. The van der Waals surface area contributed by atoms with Crippen LogP contribution in [0.1, 0.15) is 24.1 Å². The molecule has 1 amide bonds. The van der Waals surface area contributed by atoms with Gasteiger partial charge in [0, 0.05) is 17.2 Å². The van der Waals surface area contributed by atoms with E-state index in [2.05, 4.69) is 26.6 Å². The van der Waals surface area contributed by atoms with Gasteiger partial charge in [-0.15, -0.1) is 0 Å². The molecule has 2 aromatic rings. The minimum Gasteiger partial charge on any atom is -0.389 e. The number of halogens is 1. The molecule has 5 heteroatoms. The Labute approximate surface area is 156 Å². The van der Waals surface area contributed by atoms with E-state index in [4.69, 9.17) is 0 Å². The number of carbonyl (C=O) groups excluding carboxylic acids is 1. The van der Waals surface area contributed by atoms with Gasteiger partial charge in [0.05, 0.1) is 6.04 Å². The summed E-state index contributed by atoms with van der Waals surface area (Å²) < 4.78 is 1.04. The maximum absolute atomic E-state index is 12.2. The van der Waals surface area contributed by atoms with E-state index >= 15 is 0 Å². The molecule has 0 aliphatic rings. The zero-order valence-electron chi connectivity index (χ0n) is 14.0. The van der Waals surface area contributed by atoms with Crippen LogP contribution in [0.25, 0.3) is 0 Å². The lowest BCUT2D eigenvalue weighted by atomic mass is 10.1. The normalized spacial score (nSPS) is 12.1. The van der Waals surface area contributed by atoms with Crippen LogP contribution in [0.2, 0.25) is 0 Å². The third-order valence-electron chi connectivity index (χ3n) is 3.73. The molecule has 0 spiro atoms. The molecule has 2 rings (SSSR count). The summed E-state index contributed by atoms with van der Waals surface area (Å²) in [6.07, 6.45) is 2.29. The van der Waals surface area contributed by atoms with Crippen molar-refractivity contribution in [3.8, 4) is 6.07 Å². The molecule has 25 heavy (non-hydrogen) atoms. The molecule has 2 aromatic carbocycles. The second kappa shape index (κ2) is 9.65. The summed E-state index contributed by atoms with van der Waals surface area (Å²) in [5.74, 6) is -0.380. The first-order valence-electron chi connectivity index (χ1n) is 8.04. The quantitative estimate of drug-likeness (QED) is 0.423. The summed E-state index contributed by atoms with van der Waals surface area (Å²) in [5, 5.41) is 15.1. The molecule has 0 saturated heterocycles. The van der Waals surface area contributed by atoms with E-state index in [9.17, 15) is 10.1 Å². The van der Waals surface area contributed by atoms with Gasteiger partial charge in [-0.2, -0.15) is 5.26 Å². The second-order valence-electron chi connectivity index (χ2n) is 5.61. The van der Waals surface area contributed by atoms with E-state index in [0.717, 1.165) is 16.5 Å². The van der Waals surface area contributed by atoms with Crippen molar-refractivity contribution in [1.82, 2.24) is 10.6 Å². The minimum absolute atomic E-state index is 0.0681. The number of rotatable bonds is 7. The Balaban J connectivity index is 1.85. The summed E-state index contributed by atoms with van der Waals surface area (Å²) in [4.78, 5) is 12.2. The fourth-order valence-electron chi connectivity index (χ4n) is 2.29. The highest BCUT2D eigenvalue weighted by atomic mass is 79.9. The standard InChI is InChI=1S/C20H20BrN3O/c1-15(17-5-3-2-4-6-17)24-20(25)18(13-22)14-23-12-11-16-7-9-19(21)10-8-16/h2-10,14-15,23H,11-12H2,1H3,(H,24,25)/b18-14-. The lowest BCUT2D eigenvalue weighted by Gasteiger charge is -2.13. The van der Waals surface area contributed by atoms with Crippen molar-refractivity contribution in [3.05, 3.63) is 82.0 Å². The number of nitrogens with one attached hydrogen (secondary N) is 2. The maximum atomic E-state index is 12.2. The van der Waals surface area contributed by atoms with Crippen LogP contribution in [0.3, 0.4) is 0 Å². The van der Waals surface area contributed by atoms with Crippen LogP contribution < -0.4 is 10.6 Å². The number of benzene rings is 2. The Hall–Kier alpha value is -2.58. The SMILES string of the molecule is CC(NC(=O)/C(C#N)=C\NCCc1ccc(Br)cc1)c1ccccc1. The average Bonchev–Trinajstić information content (AvgIpc) is 2.64.